The van der Waals surface area contributed by atoms with Gasteiger partial charge in [-0.1, -0.05) is 188 Å². The van der Waals surface area contributed by atoms with E-state index in [-0.39, 0.29) is 5.92 Å². The molecule has 352 valence electrons. The molecule has 6 nitrogen and oxygen atoms in total. The fourth-order valence-electron chi connectivity index (χ4n) is 11.8. The second-order valence-electron chi connectivity index (χ2n) is 19.5. The fourth-order valence-corrected chi connectivity index (χ4v) is 11.8. The summed E-state index contributed by atoms with van der Waals surface area (Å²) in [5.74, 6) is 2.11. The third-order valence-corrected chi connectivity index (χ3v) is 15.3. The van der Waals surface area contributed by atoms with Crippen molar-refractivity contribution < 1.29 is 0 Å². The number of para-hydroxylation sites is 5. The van der Waals surface area contributed by atoms with Gasteiger partial charge in [-0.05, 0) is 101 Å². The van der Waals surface area contributed by atoms with Crippen LogP contribution in [0, 0.1) is 0 Å². The highest BCUT2D eigenvalue weighted by Gasteiger charge is 2.26. The van der Waals surface area contributed by atoms with Crippen LogP contribution >= 0.6 is 0 Å². The molecule has 0 aliphatic heterocycles. The Morgan fingerprint density at radius 2 is 0.787 bits per heavy atom. The minimum atomic E-state index is 0.217. The van der Waals surface area contributed by atoms with E-state index in [1.54, 1.807) is 0 Å². The predicted molar refractivity (Wildman–Crippen MR) is 309 cm³/mol. The summed E-state index contributed by atoms with van der Waals surface area (Å²) in [5, 5.41) is 6.21. The summed E-state index contributed by atoms with van der Waals surface area (Å²) in [6.45, 7) is 0. The lowest BCUT2D eigenvalue weighted by atomic mass is 9.86. The number of aromatic nitrogens is 6. The number of allylic oxidation sites excluding steroid dienone is 1. The van der Waals surface area contributed by atoms with Gasteiger partial charge in [-0.25, -0.2) is 15.0 Å². The number of nitrogens with zero attached hydrogens (tertiary/aromatic N) is 6. The van der Waals surface area contributed by atoms with Crippen molar-refractivity contribution >= 4 is 60.6 Å². The van der Waals surface area contributed by atoms with Gasteiger partial charge in [0.25, 0.3) is 0 Å². The molecule has 0 radical (unpaired) electrons. The molecule has 1 aliphatic rings. The van der Waals surface area contributed by atoms with E-state index in [4.69, 9.17) is 15.0 Å². The van der Waals surface area contributed by atoms with E-state index in [1.807, 2.05) is 60.7 Å². The maximum absolute atomic E-state index is 5.10. The molecule has 1 atom stereocenters. The molecule has 6 heteroatoms. The minimum absolute atomic E-state index is 0.217. The van der Waals surface area contributed by atoms with Crippen molar-refractivity contribution in [3.63, 3.8) is 0 Å². The maximum Gasteiger partial charge on any atom is 0.164 e. The zero-order chi connectivity index (χ0) is 49.4. The average Bonchev–Trinajstić information content (AvgIpc) is 4.13. The highest BCUT2D eigenvalue weighted by atomic mass is 15.1. The van der Waals surface area contributed by atoms with Crippen LogP contribution in [-0.4, -0.2) is 28.7 Å². The van der Waals surface area contributed by atoms with Gasteiger partial charge in [-0.3, -0.25) is 0 Å². The van der Waals surface area contributed by atoms with Crippen LogP contribution in [0.2, 0.25) is 0 Å². The molecule has 0 saturated carbocycles. The average molecular weight is 959 g/mol. The highest BCUT2D eigenvalue weighted by Crippen LogP contribution is 2.43. The first-order valence-corrected chi connectivity index (χ1v) is 25.7. The molecular weight excluding hydrogens is 913 g/mol. The largest absolute Gasteiger partial charge is 0.310 e. The highest BCUT2D eigenvalue weighted by molar-refractivity contribution is 6.12. The van der Waals surface area contributed by atoms with Gasteiger partial charge in [0.1, 0.15) is 0 Å². The third-order valence-electron chi connectivity index (χ3n) is 15.3. The Kier molecular flexibility index (Phi) is 9.91. The van der Waals surface area contributed by atoms with E-state index in [1.165, 1.54) is 55.0 Å². The van der Waals surface area contributed by atoms with Crippen molar-refractivity contribution in [1.29, 1.82) is 0 Å². The number of rotatable bonds is 8. The van der Waals surface area contributed by atoms with Gasteiger partial charge in [0.05, 0.1) is 39.0 Å². The van der Waals surface area contributed by atoms with E-state index in [2.05, 4.69) is 214 Å². The first-order valence-electron chi connectivity index (χ1n) is 25.7. The van der Waals surface area contributed by atoms with Crippen molar-refractivity contribution in [2.45, 2.75) is 12.3 Å². The van der Waals surface area contributed by atoms with Crippen LogP contribution in [0.1, 0.15) is 22.7 Å². The van der Waals surface area contributed by atoms with Gasteiger partial charge in [-0.15, -0.1) is 0 Å². The van der Waals surface area contributed by atoms with Gasteiger partial charge >= 0.3 is 0 Å². The Morgan fingerprint density at radius 1 is 0.320 bits per heavy atom. The Balaban J connectivity index is 0.894. The molecule has 0 saturated heterocycles. The van der Waals surface area contributed by atoms with Gasteiger partial charge in [-0.2, -0.15) is 0 Å². The van der Waals surface area contributed by atoms with Gasteiger partial charge in [0.15, 0.2) is 17.5 Å². The Hall–Kier alpha value is -9.91. The van der Waals surface area contributed by atoms with Crippen LogP contribution in [0.25, 0.3) is 123 Å². The Labute approximate surface area is 433 Å². The first-order chi connectivity index (χ1) is 37.2. The van der Waals surface area contributed by atoms with Crippen molar-refractivity contribution in [2.75, 3.05) is 0 Å². The molecule has 0 bridgehead atoms. The minimum Gasteiger partial charge on any atom is -0.310 e. The monoisotopic (exact) mass is 958 g/mol. The maximum atomic E-state index is 5.10. The second-order valence-corrected chi connectivity index (χ2v) is 19.5. The van der Waals surface area contributed by atoms with Crippen molar-refractivity contribution in [3.05, 3.63) is 272 Å². The first kappa shape index (κ1) is 42.7. The lowest BCUT2D eigenvalue weighted by Gasteiger charge is -2.20. The Morgan fingerprint density at radius 3 is 1.41 bits per heavy atom. The van der Waals surface area contributed by atoms with Crippen LogP contribution in [0.5, 0.6) is 0 Å². The number of hydrogen-bond donors (Lipinski definition) is 0. The van der Waals surface area contributed by atoms with Crippen molar-refractivity contribution in [1.82, 2.24) is 28.7 Å². The van der Waals surface area contributed by atoms with E-state index in [0.717, 1.165) is 67.7 Å². The Bertz CT molecular complexity index is 4450. The lowest BCUT2D eigenvalue weighted by Crippen LogP contribution is -2.07. The molecule has 75 heavy (non-hydrogen) atoms. The molecule has 14 aromatic rings. The number of hydrogen-bond acceptors (Lipinski definition) is 3. The molecule has 4 heterocycles. The van der Waals surface area contributed by atoms with Crippen LogP contribution in [-0.2, 0) is 6.42 Å². The van der Waals surface area contributed by atoms with E-state index in [0.29, 0.717) is 17.5 Å². The van der Waals surface area contributed by atoms with Gasteiger partial charge in [0, 0.05) is 60.9 Å². The SMILES string of the molecule is C1=CC(c2ccc3c(c2)c2ccccc2n3-c2ccc(-c3cccc(-c4nc(-c5ccccc5)nc(-c5ccccc5)n4)c3)cc2-n2c3ccccc3c3ccccc32)Cc2c1n(-c1ccccc1)c1ccccc21. The molecule has 15 rings (SSSR count). The smallest absolute Gasteiger partial charge is 0.164 e. The van der Waals surface area contributed by atoms with Crippen LogP contribution in [0.3, 0.4) is 0 Å². The molecule has 0 fully saturated rings. The standard InChI is InChI=1S/C69H46N6/c1-4-19-45(20-5-1)67-70-68(46-21-6-2-7-22-46)72-69(71-67)51-24-18-23-47(41-51)50-37-40-65(66(44-50)75-60-32-15-10-27-53(60)54-28-11-16-33-61(54)75)74-62-34-17-13-30-56(62)58-43-49(36-39-64(58)74)48-35-38-63-57(42-48)55-29-12-14-31-59(55)73(63)52-25-8-3-9-26-52/h1-41,43-44,48H,42H2. The molecule has 0 N–H and O–H groups in total. The third kappa shape index (κ3) is 7.06. The summed E-state index contributed by atoms with van der Waals surface area (Å²) in [4.78, 5) is 15.2. The molecule has 1 aliphatic carbocycles. The number of fused-ring (bicyclic) bond motifs is 9. The molecule has 0 amide bonds. The van der Waals surface area contributed by atoms with Gasteiger partial charge in [0.2, 0.25) is 0 Å². The fraction of sp³-hybridized carbons (Fsp3) is 0.0290. The zero-order valence-electron chi connectivity index (χ0n) is 40.8. The van der Waals surface area contributed by atoms with Crippen molar-refractivity contribution in [3.8, 4) is 62.4 Å². The molecule has 0 spiro atoms. The van der Waals surface area contributed by atoms with Crippen LogP contribution in [0.4, 0.5) is 0 Å². The summed E-state index contributed by atoms with van der Waals surface area (Å²) in [6.07, 6.45) is 5.69. The zero-order valence-corrected chi connectivity index (χ0v) is 40.8. The summed E-state index contributed by atoms with van der Waals surface area (Å²) in [5.41, 5.74) is 18.1. The van der Waals surface area contributed by atoms with E-state index in [9.17, 15) is 0 Å². The summed E-state index contributed by atoms with van der Waals surface area (Å²) >= 11 is 0. The van der Waals surface area contributed by atoms with Crippen LogP contribution in [0.15, 0.2) is 255 Å². The molecular formula is C69H46N6. The summed E-state index contributed by atoms with van der Waals surface area (Å²) in [6, 6.07) is 89.1. The summed E-state index contributed by atoms with van der Waals surface area (Å²) < 4.78 is 7.36. The van der Waals surface area contributed by atoms with E-state index < -0.39 is 0 Å². The number of benzene rings is 10. The predicted octanol–water partition coefficient (Wildman–Crippen LogP) is 17.0. The van der Waals surface area contributed by atoms with E-state index >= 15 is 0 Å². The molecule has 10 aromatic carbocycles. The lowest BCUT2D eigenvalue weighted by molar-refractivity contribution is 0.826. The van der Waals surface area contributed by atoms with Crippen LogP contribution < -0.4 is 0 Å². The quantitative estimate of drug-likeness (QED) is 0.152. The molecule has 4 aromatic heterocycles. The normalized spacial score (nSPS) is 13.4. The molecule has 1 unspecified atom stereocenters. The van der Waals surface area contributed by atoms with Crippen molar-refractivity contribution in [2.24, 2.45) is 0 Å². The second kappa shape index (κ2) is 17.4. The summed E-state index contributed by atoms with van der Waals surface area (Å²) in [7, 11) is 0. The van der Waals surface area contributed by atoms with Gasteiger partial charge < -0.3 is 13.7 Å². The topological polar surface area (TPSA) is 53.5 Å².